The highest BCUT2D eigenvalue weighted by Crippen LogP contribution is 2.19. The standard InChI is InChI=1S/C18H29NO5/c1-5-11-22-16(12-21-4)17(14(3)23-18(20)13(2)19)24-15-9-7-6-8-10-15/h6-10,13-14,16-17H,5,11-12,19H2,1-4H3/t13-,14+,16+,17+/m1/s1. The van der Waals surface area contributed by atoms with Crippen molar-refractivity contribution in [3.63, 3.8) is 0 Å². The molecule has 1 aromatic rings. The molecule has 24 heavy (non-hydrogen) atoms. The van der Waals surface area contributed by atoms with Gasteiger partial charge in [0.25, 0.3) is 0 Å². The number of esters is 1. The van der Waals surface area contributed by atoms with Gasteiger partial charge >= 0.3 is 5.97 Å². The first-order valence-corrected chi connectivity index (χ1v) is 8.27. The van der Waals surface area contributed by atoms with Crippen molar-refractivity contribution in [2.75, 3.05) is 20.3 Å². The van der Waals surface area contributed by atoms with Crippen molar-refractivity contribution in [1.82, 2.24) is 0 Å². The molecule has 0 bridgehead atoms. The minimum atomic E-state index is -0.692. The molecule has 0 unspecified atom stereocenters. The zero-order valence-corrected chi connectivity index (χ0v) is 14.9. The van der Waals surface area contributed by atoms with Gasteiger partial charge in [0, 0.05) is 13.7 Å². The molecular weight excluding hydrogens is 310 g/mol. The molecule has 0 saturated heterocycles. The van der Waals surface area contributed by atoms with E-state index in [1.807, 2.05) is 37.3 Å². The molecule has 1 rings (SSSR count). The third-order valence-electron chi connectivity index (χ3n) is 3.39. The molecule has 0 aliphatic carbocycles. The molecule has 0 heterocycles. The monoisotopic (exact) mass is 339 g/mol. The summed E-state index contributed by atoms with van der Waals surface area (Å²) in [5.41, 5.74) is 5.58. The number of carbonyl (C=O) groups is 1. The first-order valence-electron chi connectivity index (χ1n) is 8.27. The lowest BCUT2D eigenvalue weighted by Crippen LogP contribution is -2.47. The summed E-state index contributed by atoms with van der Waals surface area (Å²) in [4.78, 5) is 11.8. The predicted octanol–water partition coefficient (Wildman–Crippen LogP) is 2.15. The molecule has 0 spiro atoms. The Labute approximate surface area is 144 Å². The van der Waals surface area contributed by atoms with Gasteiger partial charge in [-0.1, -0.05) is 25.1 Å². The van der Waals surface area contributed by atoms with Gasteiger partial charge in [-0.05, 0) is 32.4 Å². The van der Waals surface area contributed by atoms with Crippen molar-refractivity contribution in [3.05, 3.63) is 30.3 Å². The van der Waals surface area contributed by atoms with E-state index in [0.717, 1.165) is 6.42 Å². The fourth-order valence-electron chi connectivity index (χ4n) is 2.16. The molecule has 0 aliphatic heterocycles. The van der Waals surface area contributed by atoms with Crippen LogP contribution in [0.1, 0.15) is 27.2 Å². The number of hydrogen-bond acceptors (Lipinski definition) is 6. The molecule has 0 fully saturated rings. The summed E-state index contributed by atoms with van der Waals surface area (Å²) in [6.45, 7) is 6.28. The second-order valence-corrected chi connectivity index (χ2v) is 5.69. The Morgan fingerprint density at radius 2 is 1.88 bits per heavy atom. The zero-order valence-electron chi connectivity index (χ0n) is 14.9. The Bertz CT molecular complexity index is 466. The summed E-state index contributed by atoms with van der Waals surface area (Å²) in [5.74, 6) is 0.197. The molecule has 1 aromatic carbocycles. The lowest BCUT2D eigenvalue weighted by Gasteiger charge is -2.32. The summed E-state index contributed by atoms with van der Waals surface area (Å²) >= 11 is 0. The number of methoxy groups -OCH3 is 1. The van der Waals surface area contributed by atoms with E-state index in [1.165, 1.54) is 0 Å². The molecule has 0 aromatic heterocycles. The topological polar surface area (TPSA) is 80.0 Å². The van der Waals surface area contributed by atoms with Crippen LogP contribution in [0.5, 0.6) is 5.75 Å². The molecule has 136 valence electrons. The highest BCUT2D eigenvalue weighted by atomic mass is 16.6. The highest BCUT2D eigenvalue weighted by molar-refractivity contribution is 5.75. The average molecular weight is 339 g/mol. The van der Waals surface area contributed by atoms with Crippen LogP contribution >= 0.6 is 0 Å². The van der Waals surface area contributed by atoms with E-state index in [4.69, 9.17) is 24.7 Å². The number of nitrogens with two attached hydrogens (primary N) is 1. The number of benzene rings is 1. The van der Waals surface area contributed by atoms with Gasteiger partial charge in [0.05, 0.1) is 6.61 Å². The van der Waals surface area contributed by atoms with Crippen LogP contribution in [0.4, 0.5) is 0 Å². The lowest BCUT2D eigenvalue weighted by atomic mass is 10.1. The lowest BCUT2D eigenvalue weighted by molar-refractivity contribution is -0.161. The van der Waals surface area contributed by atoms with Gasteiger partial charge in [0.2, 0.25) is 0 Å². The van der Waals surface area contributed by atoms with Crippen molar-refractivity contribution in [2.24, 2.45) is 5.73 Å². The van der Waals surface area contributed by atoms with E-state index in [9.17, 15) is 4.79 Å². The van der Waals surface area contributed by atoms with Crippen LogP contribution in [-0.4, -0.2) is 50.6 Å². The molecule has 0 radical (unpaired) electrons. The van der Waals surface area contributed by atoms with Crippen molar-refractivity contribution in [1.29, 1.82) is 0 Å². The fraction of sp³-hybridized carbons (Fsp3) is 0.611. The molecule has 6 heteroatoms. The summed E-state index contributed by atoms with van der Waals surface area (Å²) in [5, 5.41) is 0. The Morgan fingerprint density at radius 3 is 2.42 bits per heavy atom. The van der Waals surface area contributed by atoms with Crippen LogP contribution in [0.15, 0.2) is 30.3 Å². The summed E-state index contributed by atoms with van der Waals surface area (Å²) in [7, 11) is 1.60. The van der Waals surface area contributed by atoms with Gasteiger partial charge in [0.15, 0.2) is 6.10 Å². The molecule has 0 aliphatic rings. The van der Waals surface area contributed by atoms with Crippen molar-refractivity contribution in [3.8, 4) is 5.75 Å². The van der Waals surface area contributed by atoms with E-state index in [2.05, 4.69) is 0 Å². The van der Waals surface area contributed by atoms with Gasteiger partial charge in [-0.3, -0.25) is 4.79 Å². The minimum Gasteiger partial charge on any atom is -0.484 e. The quantitative estimate of drug-likeness (QED) is 0.622. The van der Waals surface area contributed by atoms with Gasteiger partial charge in [-0.2, -0.15) is 0 Å². The Hall–Kier alpha value is -1.63. The van der Waals surface area contributed by atoms with E-state index in [0.29, 0.717) is 19.0 Å². The number of hydrogen-bond donors (Lipinski definition) is 1. The van der Waals surface area contributed by atoms with Crippen molar-refractivity contribution >= 4 is 5.97 Å². The third kappa shape index (κ3) is 6.86. The van der Waals surface area contributed by atoms with E-state index >= 15 is 0 Å². The number of ether oxygens (including phenoxy) is 4. The maximum absolute atomic E-state index is 11.8. The van der Waals surface area contributed by atoms with E-state index < -0.39 is 24.2 Å². The van der Waals surface area contributed by atoms with E-state index in [-0.39, 0.29) is 6.10 Å². The molecule has 0 saturated carbocycles. The van der Waals surface area contributed by atoms with Crippen LogP contribution in [0, 0.1) is 0 Å². The molecular formula is C18H29NO5. The number of carbonyl (C=O) groups excluding carboxylic acids is 1. The maximum Gasteiger partial charge on any atom is 0.323 e. The molecule has 6 nitrogen and oxygen atoms in total. The average Bonchev–Trinajstić information content (AvgIpc) is 2.57. The largest absolute Gasteiger partial charge is 0.484 e. The minimum absolute atomic E-state index is 0.331. The second-order valence-electron chi connectivity index (χ2n) is 5.69. The van der Waals surface area contributed by atoms with Crippen molar-refractivity contribution < 1.29 is 23.7 Å². The van der Waals surface area contributed by atoms with Gasteiger partial charge < -0.3 is 24.7 Å². The van der Waals surface area contributed by atoms with Crippen molar-refractivity contribution in [2.45, 2.75) is 51.5 Å². The fourth-order valence-corrected chi connectivity index (χ4v) is 2.16. The van der Waals surface area contributed by atoms with Gasteiger partial charge in [0.1, 0.15) is 24.0 Å². The number of para-hydroxylation sites is 1. The van der Waals surface area contributed by atoms with Crippen LogP contribution in [0.25, 0.3) is 0 Å². The SMILES string of the molecule is CCCO[C@@H](COC)[C@@H](Oc1ccccc1)[C@H](C)OC(=O)[C@@H](C)N. The van der Waals surface area contributed by atoms with Crippen LogP contribution in [0.2, 0.25) is 0 Å². The molecule has 2 N–H and O–H groups in total. The summed E-state index contributed by atoms with van der Waals surface area (Å²) < 4.78 is 22.6. The van der Waals surface area contributed by atoms with Crippen LogP contribution < -0.4 is 10.5 Å². The smallest absolute Gasteiger partial charge is 0.323 e. The summed E-state index contributed by atoms with van der Waals surface area (Å²) in [6.07, 6.45) is -0.555. The normalized spacial score (nSPS) is 16.0. The number of rotatable bonds is 11. The van der Waals surface area contributed by atoms with Gasteiger partial charge in [-0.25, -0.2) is 0 Å². The first kappa shape index (κ1) is 20.4. The Morgan fingerprint density at radius 1 is 1.21 bits per heavy atom. The molecule has 0 amide bonds. The summed E-state index contributed by atoms with van der Waals surface area (Å²) in [6, 6.07) is 8.66. The van der Waals surface area contributed by atoms with Crippen LogP contribution in [0.3, 0.4) is 0 Å². The first-order chi connectivity index (χ1) is 11.5. The van der Waals surface area contributed by atoms with E-state index in [1.54, 1.807) is 21.0 Å². The molecule has 4 atom stereocenters. The van der Waals surface area contributed by atoms with Crippen LogP contribution in [-0.2, 0) is 19.0 Å². The Balaban J connectivity index is 2.92. The predicted molar refractivity (Wildman–Crippen MR) is 92.0 cm³/mol. The van der Waals surface area contributed by atoms with Gasteiger partial charge in [-0.15, -0.1) is 0 Å². The Kier molecular flexibility index (Phi) is 9.37. The zero-order chi connectivity index (χ0) is 17.9. The second kappa shape index (κ2) is 11.0. The maximum atomic E-state index is 11.8. The highest BCUT2D eigenvalue weighted by Gasteiger charge is 2.33. The third-order valence-corrected chi connectivity index (χ3v) is 3.39.